The normalized spacial score (nSPS) is 17.8. The second-order valence-corrected chi connectivity index (χ2v) is 7.12. The summed E-state index contributed by atoms with van der Waals surface area (Å²) < 4.78 is 64.5. The summed E-state index contributed by atoms with van der Waals surface area (Å²) in [5.41, 5.74) is 6.09. The summed E-state index contributed by atoms with van der Waals surface area (Å²) in [6.45, 7) is 0.905. The van der Waals surface area contributed by atoms with E-state index >= 15 is 0 Å². The molecule has 1 aliphatic rings. The van der Waals surface area contributed by atoms with Crippen molar-refractivity contribution in [3.63, 3.8) is 0 Å². The number of benzene rings is 1. The molecule has 0 spiro atoms. The molecule has 12 heteroatoms. The summed E-state index contributed by atoms with van der Waals surface area (Å²) >= 11 is 0. The van der Waals surface area contributed by atoms with Crippen LogP contribution in [0.25, 0.3) is 0 Å². The molecule has 0 radical (unpaired) electrons. The van der Waals surface area contributed by atoms with Crippen LogP contribution in [0.2, 0.25) is 0 Å². The van der Waals surface area contributed by atoms with Gasteiger partial charge in [0, 0.05) is 18.8 Å². The molecule has 1 heterocycles. The molecular formula is C13H18F3IN4O3S. The van der Waals surface area contributed by atoms with Crippen LogP contribution < -0.4 is 15.8 Å². The fraction of sp³-hybridized carbons (Fsp3) is 0.462. The van der Waals surface area contributed by atoms with Crippen LogP contribution in [0.3, 0.4) is 0 Å². The molecule has 0 atom stereocenters. The van der Waals surface area contributed by atoms with Gasteiger partial charge < -0.3 is 15.8 Å². The Morgan fingerprint density at radius 1 is 1.32 bits per heavy atom. The number of nitrogens with one attached hydrogen (secondary N) is 1. The number of rotatable bonds is 5. The van der Waals surface area contributed by atoms with Gasteiger partial charge >= 0.3 is 6.36 Å². The molecule has 0 aliphatic carbocycles. The lowest BCUT2D eigenvalue weighted by Gasteiger charge is -2.13. The maximum atomic E-state index is 12.1. The standard InChI is InChI=1S/C13H17F3N4O3S.HI/c14-13(15,16)23-11-4-2-10(3-5-11)19-12(17)18-6-8-20-7-1-9-24(20,21)22;/h2-5H,1,6-9H2,(H3,17,18,19);1H. The van der Waals surface area contributed by atoms with Crippen molar-refractivity contribution in [3.8, 4) is 5.75 Å². The fourth-order valence-corrected chi connectivity index (χ4v) is 3.67. The molecule has 3 N–H and O–H groups in total. The smallest absolute Gasteiger partial charge is 0.406 e. The number of sulfonamides is 1. The lowest BCUT2D eigenvalue weighted by molar-refractivity contribution is -0.274. The minimum Gasteiger partial charge on any atom is -0.406 e. The van der Waals surface area contributed by atoms with E-state index < -0.39 is 16.4 Å². The van der Waals surface area contributed by atoms with E-state index in [4.69, 9.17) is 5.73 Å². The van der Waals surface area contributed by atoms with E-state index in [0.717, 1.165) is 12.1 Å². The van der Waals surface area contributed by atoms with E-state index in [1.54, 1.807) is 0 Å². The van der Waals surface area contributed by atoms with Crippen molar-refractivity contribution in [1.29, 1.82) is 0 Å². The highest BCUT2D eigenvalue weighted by Gasteiger charge is 2.31. The number of alkyl halides is 3. The van der Waals surface area contributed by atoms with E-state index in [2.05, 4.69) is 15.0 Å². The van der Waals surface area contributed by atoms with Crippen molar-refractivity contribution >= 4 is 45.6 Å². The maximum Gasteiger partial charge on any atom is 0.573 e. The number of halogens is 4. The largest absolute Gasteiger partial charge is 0.573 e. The molecule has 0 amide bonds. The third-order valence-corrected chi connectivity index (χ3v) is 5.15. The van der Waals surface area contributed by atoms with Crippen molar-refractivity contribution < 1.29 is 26.3 Å². The summed E-state index contributed by atoms with van der Waals surface area (Å²) in [4.78, 5) is 4.00. The zero-order chi connectivity index (χ0) is 17.8. The zero-order valence-corrected chi connectivity index (χ0v) is 16.1. The van der Waals surface area contributed by atoms with E-state index in [1.807, 2.05) is 0 Å². The first-order valence-electron chi connectivity index (χ1n) is 7.06. The minimum absolute atomic E-state index is 0. The van der Waals surface area contributed by atoms with Gasteiger partial charge in [-0.05, 0) is 30.7 Å². The van der Waals surface area contributed by atoms with Crippen molar-refractivity contribution in [2.45, 2.75) is 12.8 Å². The summed E-state index contributed by atoms with van der Waals surface area (Å²) in [6, 6.07) is 4.99. The molecule has 1 aromatic rings. The summed E-state index contributed by atoms with van der Waals surface area (Å²) in [7, 11) is -3.17. The van der Waals surface area contributed by atoms with Gasteiger partial charge in [0.2, 0.25) is 10.0 Å². The Morgan fingerprint density at radius 2 is 1.96 bits per heavy atom. The lowest BCUT2D eigenvalue weighted by Crippen LogP contribution is -2.30. The average molecular weight is 494 g/mol. The van der Waals surface area contributed by atoms with Gasteiger partial charge in [-0.2, -0.15) is 0 Å². The maximum absolute atomic E-state index is 12.1. The predicted octanol–water partition coefficient (Wildman–Crippen LogP) is 1.97. The van der Waals surface area contributed by atoms with Crippen molar-refractivity contribution in [3.05, 3.63) is 24.3 Å². The Morgan fingerprint density at radius 3 is 2.48 bits per heavy atom. The zero-order valence-electron chi connectivity index (χ0n) is 13.0. The number of nitrogens with two attached hydrogens (primary N) is 1. The third kappa shape index (κ3) is 7.23. The van der Waals surface area contributed by atoms with E-state index in [9.17, 15) is 21.6 Å². The molecule has 7 nitrogen and oxygen atoms in total. The van der Waals surface area contributed by atoms with Crippen LogP contribution in [0.15, 0.2) is 29.3 Å². The number of nitrogens with zero attached hydrogens (tertiary/aromatic N) is 2. The quantitative estimate of drug-likeness (QED) is 0.371. The molecule has 2 rings (SSSR count). The molecule has 0 bridgehead atoms. The van der Waals surface area contributed by atoms with E-state index in [0.29, 0.717) is 18.7 Å². The average Bonchev–Trinajstić information content (AvgIpc) is 2.79. The lowest BCUT2D eigenvalue weighted by atomic mass is 10.3. The molecule has 1 fully saturated rings. The van der Waals surface area contributed by atoms with Crippen molar-refractivity contribution in [2.75, 3.05) is 30.7 Å². The van der Waals surface area contributed by atoms with Gasteiger partial charge in [-0.3, -0.25) is 4.99 Å². The predicted molar refractivity (Wildman–Crippen MR) is 98.6 cm³/mol. The van der Waals surface area contributed by atoms with Gasteiger partial charge in [-0.15, -0.1) is 37.1 Å². The molecule has 1 aliphatic heterocycles. The van der Waals surface area contributed by atoms with Crippen LogP contribution in [0.4, 0.5) is 18.9 Å². The molecule has 1 saturated heterocycles. The Kier molecular flexibility index (Phi) is 7.74. The SMILES string of the molecule is I.NC(=NCCN1CCCS1(=O)=O)Nc1ccc(OC(F)(F)F)cc1. The molecule has 142 valence electrons. The van der Waals surface area contributed by atoms with Crippen LogP contribution >= 0.6 is 24.0 Å². The van der Waals surface area contributed by atoms with Gasteiger partial charge in [-0.25, -0.2) is 12.7 Å². The van der Waals surface area contributed by atoms with Crippen LogP contribution in [-0.4, -0.2) is 50.4 Å². The van der Waals surface area contributed by atoms with Gasteiger partial charge in [0.25, 0.3) is 0 Å². The van der Waals surface area contributed by atoms with Gasteiger partial charge in [0.05, 0.1) is 12.3 Å². The van der Waals surface area contributed by atoms with Gasteiger partial charge in [0.15, 0.2) is 5.96 Å². The number of aliphatic imine (C=N–C) groups is 1. The van der Waals surface area contributed by atoms with Gasteiger partial charge in [0.1, 0.15) is 5.75 Å². The van der Waals surface area contributed by atoms with Crippen LogP contribution in [0.5, 0.6) is 5.75 Å². The topological polar surface area (TPSA) is 97.0 Å². The summed E-state index contributed by atoms with van der Waals surface area (Å²) in [5, 5.41) is 2.70. The first-order valence-corrected chi connectivity index (χ1v) is 8.67. The highest BCUT2D eigenvalue weighted by atomic mass is 127. The number of ether oxygens (including phenoxy) is 1. The minimum atomic E-state index is -4.74. The van der Waals surface area contributed by atoms with Crippen LogP contribution in [0, 0.1) is 0 Å². The number of anilines is 1. The molecule has 0 saturated carbocycles. The highest BCUT2D eigenvalue weighted by Crippen LogP contribution is 2.23. The van der Waals surface area contributed by atoms with Crippen LogP contribution in [-0.2, 0) is 10.0 Å². The number of hydrogen-bond donors (Lipinski definition) is 2. The Labute approximate surface area is 160 Å². The van der Waals surface area contributed by atoms with Crippen molar-refractivity contribution in [2.24, 2.45) is 10.7 Å². The monoisotopic (exact) mass is 494 g/mol. The first kappa shape index (κ1) is 21.8. The van der Waals surface area contributed by atoms with Crippen LogP contribution in [0.1, 0.15) is 6.42 Å². The molecule has 25 heavy (non-hydrogen) atoms. The third-order valence-electron chi connectivity index (χ3n) is 3.20. The molecule has 1 aromatic carbocycles. The van der Waals surface area contributed by atoms with Gasteiger partial charge in [-0.1, -0.05) is 0 Å². The summed E-state index contributed by atoms with van der Waals surface area (Å²) in [5.74, 6) is -0.157. The van der Waals surface area contributed by atoms with E-state index in [1.165, 1.54) is 16.4 Å². The second-order valence-electron chi connectivity index (χ2n) is 5.03. The molecule has 0 unspecified atom stereocenters. The molecule has 0 aromatic heterocycles. The number of guanidine groups is 1. The van der Waals surface area contributed by atoms with E-state index in [-0.39, 0.29) is 54.5 Å². The highest BCUT2D eigenvalue weighted by molar-refractivity contribution is 14.0. The second kappa shape index (κ2) is 8.89. The first-order chi connectivity index (χ1) is 11.2. The van der Waals surface area contributed by atoms with Crippen molar-refractivity contribution in [1.82, 2.24) is 4.31 Å². The Balaban J connectivity index is 0.00000312. The number of hydrogen-bond acceptors (Lipinski definition) is 4. The molecular weight excluding hydrogens is 476 g/mol. The Bertz CT molecular complexity index is 695. The fourth-order valence-electron chi connectivity index (χ4n) is 2.15. The Hall–Kier alpha value is -1.28. The summed E-state index contributed by atoms with van der Waals surface area (Å²) in [6.07, 6.45) is -4.14.